The van der Waals surface area contributed by atoms with Crippen LogP contribution in [0.4, 0.5) is 10.1 Å². The van der Waals surface area contributed by atoms with Crippen molar-refractivity contribution in [2.24, 2.45) is 0 Å². The summed E-state index contributed by atoms with van der Waals surface area (Å²) in [4.78, 5) is 11.8. The molecule has 0 aliphatic heterocycles. The van der Waals surface area contributed by atoms with Gasteiger partial charge in [-0.1, -0.05) is 11.6 Å². The number of esters is 1. The van der Waals surface area contributed by atoms with Crippen molar-refractivity contribution in [3.8, 4) is 0 Å². The van der Waals surface area contributed by atoms with E-state index in [0.29, 0.717) is 20.7 Å². The maximum atomic E-state index is 13.5. The molecule has 0 radical (unpaired) electrons. The zero-order chi connectivity index (χ0) is 14.7. The van der Waals surface area contributed by atoms with Gasteiger partial charge in [0.15, 0.2) is 0 Å². The Kier molecular flexibility index (Phi) is 4.62. The zero-order valence-corrected chi connectivity index (χ0v) is 12.5. The number of hydrogen-bond donors (Lipinski definition) is 1. The highest BCUT2D eigenvalue weighted by atomic mass is 79.9. The summed E-state index contributed by atoms with van der Waals surface area (Å²) >= 11 is 8.99. The van der Waals surface area contributed by atoms with Crippen LogP contribution in [0.1, 0.15) is 15.9 Å². The van der Waals surface area contributed by atoms with E-state index in [2.05, 4.69) is 15.9 Å². The predicted molar refractivity (Wildman–Crippen MR) is 79.1 cm³/mol. The zero-order valence-electron chi connectivity index (χ0n) is 10.2. The van der Waals surface area contributed by atoms with Crippen LogP contribution in [0.15, 0.2) is 40.9 Å². The predicted octanol–water partition coefficient (Wildman–Crippen LogP) is 4.18. The fourth-order valence-electron chi connectivity index (χ4n) is 1.55. The Bertz CT molecular complexity index is 664. The third-order valence-corrected chi connectivity index (χ3v) is 3.56. The lowest BCUT2D eigenvalue weighted by molar-refractivity contribution is 0.0469. The van der Waals surface area contributed by atoms with Gasteiger partial charge in [-0.05, 0) is 52.3 Å². The number of carbonyl (C=O) groups is 1. The van der Waals surface area contributed by atoms with Crippen molar-refractivity contribution in [1.82, 2.24) is 0 Å². The second kappa shape index (κ2) is 6.24. The molecule has 0 atom stereocenters. The number of halogens is 3. The molecule has 0 aliphatic carbocycles. The Morgan fingerprint density at radius 3 is 2.75 bits per heavy atom. The Balaban J connectivity index is 2.08. The van der Waals surface area contributed by atoms with Crippen LogP contribution in [0, 0.1) is 5.82 Å². The van der Waals surface area contributed by atoms with Crippen LogP contribution in [0.25, 0.3) is 0 Å². The summed E-state index contributed by atoms with van der Waals surface area (Å²) in [6.07, 6.45) is 0. The van der Waals surface area contributed by atoms with Gasteiger partial charge in [0.25, 0.3) is 0 Å². The molecule has 0 unspecified atom stereocenters. The molecule has 2 aromatic rings. The number of nitrogen functional groups attached to an aromatic ring is 1. The molecule has 0 amide bonds. The number of nitrogens with two attached hydrogens (primary N) is 1. The highest BCUT2D eigenvalue weighted by Gasteiger charge is 2.11. The number of ether oxygens (including phenoxy) is 1. The Hall–Kier alpha value is -1.59. The molecule has 2 N–H and O–H groups in total. The number of hydrogen-bond acceptors (Lipinski definition) is 3. The molecule has 3 nitrogen and oxygen atoms in total. The first kappa shape index (κ1) is 14.8. The minimum Gasteiger partial charge on any atom is -0.457 e. The van der Waals surface area contributed by atoms with Crippen molar-refractivity contribution >= 4 is 39.2 Å². The van der Waals surface area contributed by atoms with Gasteiger partial charge in [0, 0.05) is 20.7 Å². The normalized spacial score (nSPS) is 10.3. The van der Waals surface area contributed by atoms with Crippen molar-refractivity contribution in [3.05, 3.63) is 62.8 Å². The Morgan fingerprint density at radius 2 is 2.05 bits per heavy atom. The molecule has 104 valence electrons. The van der Waals surface area contributed by atoms with Gasteiger partial charge in [-0.3, -0.25) is 0 Å². The molecule has 0 bridgehead atoms. The van der Waals surface area contributed by atoms with Crippen molar-refractivity contribution in [2.75, 3.05) is 5.73 Å². The van der Waals surface area contributed by atoms with Crippen LogP contribution in [-0.4, -0.2) is 5.97 Å². The fraction of sp³-hybridized carbons (Fsp3) is 0.0714. The van der Waals surface area contributed by atoms with Crippen molar-refractivity contribution in [1.29, 1.82) is 0 Å². The van der Waals surface area contributed by atoms with Crippen LogP contribution >= 0.6 is 27.5 Å². The van der Waals surface area contributed by atoms with Gasteiger partial charge in [-0.2, -0.15) is 0 Å². The number of anilines is 1. The third-order valence-electron chi connectivity index (χ3n) is 2.60. The minimum absolute atomic E-state index is 0.193. The third kappa shape index (κ3) is 3.49. The van der Waals surface area contributed by atoms with E-state index in [4.69, 9.17) is 22.1 Å². The van der Waals surface area contributed by atoms with E-state index in [1.165, 1.54) is 24.3 Å². The van der Waals surface area contributed by atoms with E-state index in [1.807, 2.05) is 0 Å². The topological polar surface area (TPSA) is 52.3 Å². The van der Waals surface area contributed by atoms with Gasteiger partial charge in [0.1, 0.15) is 12.4 Å². The van der Waals surface area contributed by atoms with E-state index in [-0.39, 0.29) is 12.2 Å². The Morgan fingerprint density at radius 1 is 1.30 bits per heavy atom. The van der Waals surface area contributed by atoms with E-state index in [0.717, 1.165) is 0 Å². The fourth-order valence-corrected chi connectivity index (χ4v) is 1.99. The van der Waals surface area contributed by atoms with E-state index in [1.54, 1.807) is 12.1 Å². The summed E-state index contributed by atoms with van der Waals surface area (Å²) in [5.41, 5.74) is 6.62. The summed E-state index contributed by atoms with van der Waals surface area (Å²) in [5, 5.41) is 0.380. The summed E-state index contributed by atoms with van der Waals surface area (Å²) in [6, 6.07) is 8.77. The van der Waals surface area contributed by atoms with Crippen LogP contribution in [-0.2, 0) is 11.3 Å². The molecule has 20 heavy (non-hydrogen) atoms. The second-order valence-electron chi connectivity index (χ2n) is 4.05. The van der Waals surface area contributed by atoms with Crippen LogP contribution in [0.2, 0.25) is 5.02 Å². The summed E-state index contributed by atoms with van der Waals surface area (Å²) < 4.78 is 19.2. The highest BCUT2D eigenvalue weighted by molar-refractivity contribution is 9.10. The number of carbonyl (C=O) groups excluding carboxylic acids is 1. The standard InChI is InChI=1S/C14H10BrClFNO2/c15-11-3-1-8(6-13(11)18)14(19)20-7-9-5-10(16)2-4-12(9)17/h1-6H,7,18H2. The lowest BCUT2D eigenvalue weighted by atomic mass is 10.2. The second-order valence-corrected chi connectivity index (χ2v) is 5.34. The maximum Gasteiger partial charge on any atom is 0.338 e. The monoisotopic (exact) mass is 357 g/mol. The molecule has 2 rings (SSSR count). The van der Waals surface area contributed by atoms with Crippen LogP contribution in [0.3, 0.4) is 0 Å². The first-order chi connectivity index (χ1) is 9.47. The average molecular weight is 359 g/mol. The van der Waals surface area contributed by atoms with Gasteiger partial charge < -0.3 is 10.5 Å². The molecule has 0 saturated heterocycles. The SMILES string of the molecule is Nc1cc(C(=O)OCc2cc(Cl)ccc2F)ccc1Br. The van der Waals surface area contributed by atoms with Gasteiger partial charge in [-0.15, -0.1) is 0 Å². The molecule has 0 spiro atoms. The molecule has 2 aromatic carbocycles. The van der Waals surface area contributed by atoms with Gasteiger partial charge >= 0.3 is 5.97 Å². The van der Waals surface area contributed by atoms with E-state index < -0.39 is 11.8 Å². The molecule has 0 fully saturated rings. The summed E-state index contributed by atoms with van der Waals surface area (Å²) in [6.45, 7) is -0.193. The molecular formula is C14H10BrClFNO2. The lowest BCUT2D eigenvalue weighted by Crippen LogP contribution is -2.07. The number of benzene rings is 2. The van der Waals surface area contributed by atoms with Gasteiger partial charge in [-0.25, -0.2) is 9.18 Å². The largest absolute Gasteiger partial charge is 0.457 e. The number of rotatable bonds is 3. The molecule has 0 heterocycles. The molecule has 6 heteroatoms. The van der Waals surface area contributed by atoms with Crippen LogP contribution < -0.4 is 5.73 Å². The molecule has 0 saturated carbocycles. The molecular weight excluding hydrogens is 349 g/mol. The minimum atomic E-state index is -0.580. The molecule has 0 aromatic heterocycles. The summed E-state index contributed by atoms with van der Waals surface area (Å²) in [5.74, 6) is -1.05. The quantitative estimate of drug-likeness (QED) is 0.661. The smallest absolute Gasteiger partial charge is 0.338 e. The van der Waals surface area contributed by atoms with Crippen molar-refractivity contribution in [3.63, 3.8) is 0 Å². The van der Waals surface area contributed by atoms with Crippen molar-refractivity contribution in [2.45, 2.75) is 6.61 Å². The van der Waals surface area contributed by atoms with E-state index in [9.17, 15) is 9.18 Å². The maximum absolute atomic E-state index is 13.5. The highest BCUT2D eigenvalue weighted by Crippen LogP contribution is 2.21. The van der Waals surface area contributed by atoms with E-state index >= 15 is 0 Å². The first-order valence-electron chi connectivity index (χ1n) is 5.63. The van der Waals surface area contributed by atoms with Gasteiger partial charge in [0.2, 0.25) is 0 Å². The lowest BCUT2D eigenvalue weighted by Gasteiger charge is -2.07. The molecule has 0 aliphatic rings. The Labute approximate surface area is 128 Å². The van der Waals surface area contributed by atoms with Gasteiger partial charge in [0.05, 0.1) is 5.56 Å². The summed E-state index contributed by atoms with van der Waals surface area (Å²) in [7, 11) is 0. The average Bonchev–Trinajstić information content (AvgIpc) is 2.42. The first-order valence-corrected chi connectivity index (χ1v) is 6.80. The van der Waals surface area contributed by atoms with Crippen LogP contribution in [0.5, 0.6) is 0 Å². The van der Waals surface area contributed by atoms with Crippen molar-refractivity contribution < 1.29 is 13.9 Å².